The molecule has 1 unspecified atom stereocenters. The van der Waals surface area contributed by atoms with E-state index in [1.54, 1.807) is 7.11 Å². The van der Waals surface area contributed by atoms with E-state index in [0.29, 0.717) is 19.8 Å². The first kappa shape index (κ1) is 10.8. The molecule has 1 atom stereocenters. The maximum Gasteiger partial charge on any atom is 0.180 e. The summed E-state index contributed by atoms with van der Waals surface area (Å²) in [6.07, 6.45) is -0.504. The standard InChI is InChI=1S/C7H16O4/c1-3-10-7(6-8)11-5-4-9-2/h7-8H,3-6H2,1-2H3. The van der Waals surface area contributed by atoms with E-state index in [-0.39, 0.29) is 6.61 Å². The molecule has 4 heteroatoms. The maximum atomic E-state index is 8.67. The van der Waals surface area contributed by atoms with E-state index in [9.17, 15) is 0 Å². The Labute approximate surface area is 67.1 Å². The second-order valence-corrected chi connectivity index (χ2v) is 1.93. The van der Waals surface area contributed by atoms with Gasteiger partial charge in [-0.2, -0.15) is 0 Å². The van der Waals surface area contributed by atoms with Crippen molar-refractivity contribution in [1.82, 2.24) is 0 Å². The van der Waals surface area contributed by atoms with Crippen LogP contribution in [0.3, 0.4) is 0 Å². The lowest BCUT2D eigenvalue weighted by Crippen LogP contribution is -2.23. The summed E-state index contributed by atoms with van der Waals surface area (Å²) < 4.78 is 14.8. The van der Waals surface area contributed by atoms with Gasteiger partial charge < -0.3 is 19.3 Å². The molecule has 4 nitrogen and oxygen atoms in total. The number of methoxy groups -OCH3 is 1. The molecule has 0 aromatic rings. The van der Waals surface area contributed by atoms with Gasteiger partial charge in [-0.3, -0.25) is 0 Å². The van der Waals surface area contributed by atoms with Crippen molar-refractivity contribution in [2.45, 2.75) is 13.2 Å². The number of rotatable bonds is 7. The van der Waals surface area contributed by atoms with Gasteiger partial charge >= 0.3 is 0 Å². The molecule has 0 fully saturated rings. The Morgan fingerprint density at radius 1 is 1.27 bits per heavy atom. The van der Waals surface area contributed by atoms with Crippen LogP contribution in [-0.4, -0.2) is 44.9 Å². The first-order valence-corrected chi connectivity index (χ1v) is 3.68. The van der Waals surface area contributed by atoms with Gasteiger partial charge in [0.15, 0.2) is 6.29 Å². The predicted molar refractivity (Wildman–Crippen MR) is 40.3 cm³/mol. The van der Waals surface area contributed by atoms with E-state index in [1.807, 2.05) is 6.92 Å². The van der Waals surface area contributed by atoms with E-state index in [0.717, 1.165) is 0 Å². The largest absolute Gasteiger partial charge is 0.391 e. The summed E-state index contributed by atoms with van der Waals surface area (Å²) >= 11 is 0. The third kappa shape index (κ3) is 6.25. The molecule has 0 spiro atoms. The zero-order valence-electron chi connectivity index (χ0n) is 7.08. The molecule has 0 aromatic carbocycles. The van der Waals surface area contributed by atoms with Crippen molar-refractivity contribution < 1.29 is 19.3 Å². The van der Waals surface area contributed by atoms with Crippen molar-refractivity contribution in [1.29, 1.82) is 0 Å². The Morgan fingerprint density at radius 2 is 2.00 bits per heavy atom. The van der Waals surface area contributed by atoms with Gasteiger partial charge in [0, 0.05) is 13.7 Å². The SMILES string of the molecule is CCOC(CO)OCCOC. The normalized spacial score (nSPS) is 13.4. The second-order valence-electron chi connectivity index (χ2n) is 1.93. The third-order valence-corrected chi connectivity index (χ3v) is 1.09. The van der Waals surface area contributed by atoms with Crippen LogP contribution in [0.15, 0.2) is 0 Å². The van der Waals surface area contributed by atoms with Gasteiger partial charge in [0.2, 0.25) is 0 Å². The number of hydrogen-bond acceptors (Lipinski definition) is 4. The molecule has 0 aliphatic rings. The first-order valence-electron chi connectivity index (χ1n) is 3.68. The predicted octanol–water partition coefficient (Wildman–Crippen LogP) is 0.00430. The Morgan fingerprint density at radius 3 is 2.45 bits per heavy atom. The number of ether oxygens (including phenoxy) is 3. The number of hydrogen-bond donors (Lipinski definition) is 1. The van der Waals surface area contributed by atoms with Crippen LogP contribution in [0.25, 0.3) is 0 Å². The topological polar surface area (TPSA) is 47.9 Å². The van der Waals surface area contributed by atoms with Crippen molar-refractivity contribution >= 4 is 0 Å². The highest BCUT2D eigenvalue weighted by atomic mass is 16.7. The Hall–Kier alpha value is -0.160. The molecule has 0 bridgehead atoms. The summed E-state index contributed by atoms with van der Waals surface area (Å²) in [5.41, 5.74) is 0. The molecule has 0 saturated carbocycles. The molecule has 68 valence electrons. The lowest BCUT2D eigenvalue weighted by Gasteiger charge is -2.14. The fourth-order valence-corrected chi connectivity index (χ4v) is 0.602. The highest BCUT2D eigenvalue weighted by molar-refractivity contribution is 4.38. The maximum absolute atomic E-state index is 8.67. The summed E-state index contributed by atoms with van der Waals surface area (Å²) in [6, 6.07) is 0. The zero-order chi connectivity index (χ0) is 8.53. The Balaban J connectivity index is 3.20. The van der Waals surface area contributed by atoms with Gasteiger partial charge in [-0.05, 0) is 6.92 Å². The van der Waals surface area contributed by atoms with Gasteiger partial charge in [-0.25, -0.2) is 0 Å². The highest BCUT2D eigenvalue weighted by Crippen LogP contribution is 1.92. The van der Waals surface area contributed by atoms with Crippen molar-refractivity contribution in [3.8, 4) is 0 Å². The van der Waals surface area contributed by atoms with E-state index in [4.69, 9.17) is 19.3 Å². The molecular weight excluding hydrogens is 148 g/mol. The van der Waals surface area contributed by atoms with Crippen molar-refractivity contribution in [2.24, 2.45) is 0 Å². The molecular formula is C7H16O4. The molecule has 0 aliphatic carbocycles. The molecule has 0 heterocycles. The van der Waals surface area contributed by atoms with Gasteiger partial charge in [0.25, 0.3) is 0 Å². The Kier molecular flexibility index (Phi) is 7.83. The lowest BCUT2D eigenvalue weighted by molar-refractivity contribution is -0.165. The first-order chi connectivity index (χ1) is 5.35. The summed E-state index contributed by atoms with van der Waals surface area (Å²) in [7, 11) is 1.60. The van der Waals surface area contributed by atoms with Crippen LogP contribution >= 0.6 is 0 Å². The minimum atomic E-state index is -0.504. The van der Waals surface area contributed by atoms with E-state index in [2.05, 4.69) is 0 Å². The molecule has 11 heavy (non-hydrogen) atoms. The molecule has 1 N–H and O–H groups in total. The molecule has 0 radical (unpaired) electrons. The van der Waals surface area contributed by atoms with Crippen LogP contribution in [0, 0.1) is 0 Å². The lowest BCUT2D eigenvalue weighted by atomic mass is 10.6. The van der Waals surface area contributed by atoms with Crippen LogP contribution in [0.2, 0.25) is 0 Å². The number of aliphatic hydroxyl groups is 1. The smallest absolute Gasteiger partial charge is 0.180 e. The fraction of sp³-hybridized carbons (Fsp3) is 1.00. The van der Waals surface area contributed by atoms with Gasteiger partial charge in [-0.1, -0.05) is 0 Å². The van der Waals surface area contributed by atoms with Gasteiger partial charge in [-0.15, -0.1) is 0 Å². The molecule has 0 aromatic heterocycles. The molecule has 0 aliphatic heterocycles. The zero-order valence-corrected chi connectivity index (χ0v) is 7.08. The summed E-state index contributed by atoms with van der Waals surface area (Å²) in [5.74, 6) is 0. The summed E-state index contributed by atoms with van der Waals surface area (Å²) in [6.45, 7) is 3.24. The van der Waals surface area contributed by atoms with Crippen LogP contribution in [0.5, 0.6) is 0 Å². The van der Waals surface area contributed by atoms with Gasteiger partial charge in [0.05, 0.1) is 19.8 Å². The fourth-order valence-electron chi connectivity index (χ4n) is 0.602. The third-order valence-electron chi connectivity index (χ3n) is 1.09. The molecule has 0 rings (SSSR count). The summed E-state index contributed by atoms with van der Waals surface area (Å²) in [5, 5.41) is 8.67. The van der Waals surface area contributed by atoms with Crippen LogP contribution < -0.4 is 0 Å². The number of aliphatic hydroxyl groups excluding tert-OH is 1. The second kappa shape index (κ2) is 7.94. The van der Waals surface area contributed by atoms with Crippen LogP contribution in [0.4, 0.5) is 0 Å². The van der Waals surface area contributed by atoms with E-state index in [1.165, 1.54) is 0 Å². The quantitative estimate of drug-likeness (QED) is 0.425. The van der Waals surface area contributed by atoms with Crippen LogP contribution in [-0.2, 0) is 14.2 Å². The Bertz CT molecular complexity index is 76.8. The van der Waals surface area contributed by atoms with Crippen LogP contribution in [0.1, 0.15) is 6.92 Å². The summed E-state index contributed by atoms with van der Waals surface area (Å²) in [4.78, 5) is 0. The average molecular weight is 164 g/mol. The van der Waals surface area contributed by atoms with E-state index < -0.39 is 6.29 Å². The van der Waals surface area contributed by atoms with Crippen molar-refractivity contribution in [3.63, 3.8) is 0 Å². The minimum Gasteiger partial charge on any atom is -0.391 e. The van der Waals surface area contributed by atoms with Crippen molar-refractivity contribution in [2.75, 3.05) is 33.5 Å². The van der Waals surface area contributed by atoms with Gasteiger partial charge in [0.1, 0.15) is 0 Å². The monoisotopic (exact) mass is 164 g/mol. The van der Waals surface area contributed by atoms with E-state index >= 15 is 0 Å². The van der Waals surface area contributed by atoms with Crippen molar-refractivity contribution in [3.05, 3.63) is 0 Å². The highest BCUT2D eigenvalue weighted by Gasteiger charge is 2.04. The average Bonchev–Trinajstić information content (AvgIpc) is 2.03. The molecule has 0 amide bonds. The molecule has 0 saturated heterocycles. The minimum absolute atomic E-state index is 0.114.